The number of hydrogen-bond acceptors (Lipinski definition) is 1. The molecule has 0 saturated carbocycles. The third kappa shape index (κ3) is 3.47. The summed E-state index contributed by atoms with van der Waals surface area (Å²) in [4.78, 5) is 11.8. The molecule has 0 spiro atoms. The molecule has 0 fully saturated rings. The topological polar surface area (TPSA) is 17.1 Å². The summed E-state index contributed by atoms with van der Waals surface area (Å²) in [6.45, 7) is 0. The van der Waals surface area contributed by atoms with Crippen LogP contribution in [0.2, 0.25) is 0 Å². The van der Waals surface area contributed by atoms with E-state index >= 15 is 0 Å². The fourth-order valence-corrected chi connectivity index (χ4v) is 1.99. The molecule has 1 nitrogen and oxygen atoms in total. The third-order valence-electron chi connectivity index (χ3n) is 2.95. The maximum atomic E-state index is 13.4. The zero-order valence-corrected chi connectivity index (χ0v) is 10.4. The lowest BCUT2D eigenvalue weighted by Crippen LogP contribution is -2.06. The lowest BCUT2D eigenvalue weighted by atomic mass is 10.0. The molecule has 2 aromatic rings. The maximum Gasteiger partial charge on any atom is 0.168 e. The lowest BCUT2D eigenvalue weighted by Gasteiger charge is -2.04. The van der Waals surface area contributed by atoms with Crippen molar-refractivity contribution in [2.75, 3.05) is 0 Å². The van der Waals surface area contributed by atoms with Crippen LogP contribution < -0.4 is 0 Å². The van der Waals surface area contributed by atoms with Gasteiger partial charge in [-0.05, 0) is 30.5 Å². The first kappa shape index (κ1) is 13.4. The predicted molar refractivity (Wildman–Crippen MR) is 70.1 cm³/mol. The van der Waals surface area contributed by atoms with Crippen molar-refractivity contribution >= 4 is 5.78 Å². The first-order chi connectivity index (χ1) is 9.18. The molecule has 0 radical (unpaired) electrons. The van der Waals surface area contributed by atoms with Gasteiger partial charge in [0.15, 0.2) is 5.78 Å². The van der Waals surface area contributed by atoms with E-state index in [9.17, 15) is 13.6 Å². The molecule has 0 saturated heterocycles. The quantitative estimate of drug-likeness (QED) is 0.737. The summed E-state index contributed by atoms with van der Waals surface area (Å²) >= 11 is 0. The van der Waals surface area contributed by atoms with E-state index in [-0.39, 0.29) is 6.42 Å². The van der Waals surface area contributed by atoms with Crippen LogP contribution in [0.1, 0.15) is 28.8 Å². The number of aryl methyl sites for hydroxylation is 1. The number of ketones is 1. The van der Waals surface area contributed by atoms with Gasteiger partial charge >= 0.3 is 0 Å². The molecule has 0 aliphatic rings. The van der Waals surface area contributed by atoms with Crippen molar-refractivity contribution in [3.05, 3.63) is 71.3 Å². The molecule has 0 amide bonds. The minimum absolute atomic E-state index is 0.146. The minimum atomic E-state index is -0.787. The van der Waals surface area contributed by atoms with Crippen LogP contribution in [0.5, 0.6) is 0 Å². The second kappa shape index (κ2) is 6.23. The van der Waals surface area contributed by atoms with Crippen LogP contribution in [0.4, 0.5) is 8.78 Å². The molecular weight excluding hydrogens is 246 g/mol. The summed E-state index contributed by atoms with van der Waals surface area (Å²) in [6.07, 6.45) is 1.45. The summed E-state index contributed by atoms with van der Waals surface area (Å²) in [7, 11) is 0. The summed E-state index contributed by atoms with van der Waals surface area (Å²) in [5, 5.41) is 0. The second-order valence-corrected chi connectivity index (χ2v) is 4.36. The van der Waals surface area contributed by atoms with E-state index < -0.39 is 23.0 Å². The Labute approximate surface area is 110 Å². The lowest BCUT2D eigenvalue weighted by molar-refractivity contribution is 0.0972. The largest absolute Gasteiger partial charge is 0.294 e. The standard InChI is InChI=1S/C16H14F2O/c17-13-9-5-10-14(18)16(13)15(19)11-4-8-12-6-2-1-3-7-12/h1-3,5-7,9-10H,4,8,11H2. The fraction of sp³-hybridized carbons (Fsp3) is 0.188. The number of carbonyl (C=O) groups excluding carboxylic acids is 1. The van der Waals surface area contributed by atoms with Crippen molar-refractivity contribution in [3.63, 3.8) is 0 Å². The highest BCUT2D eigenvalue weighted by Crippen LogP contribution is 2.16. The average molecular weight is 260 g/mol. The number of halogens is 2. The summed E-state index contributed by atoms with van der Waals surface area (Å²) in [6, 6.07) is 13.2. The van der Waals surface area contributed by atoms with E-state index in [1.807, 2.05) is 30.3 Å². The molecule has 3 heteroatoms. The zero-order valence-electron chi connectivity index (χ0n) is 10.4. The van der Waals surface area contributed by atoms with Gasteiger partial charge in [0, 0.05) is 6.42 Å². The monoisotopic (exact) mass is 260 g/mol. The van der Waals surface area contributed by atoms with E-state index in [0.29, 0.717) is 6.42 Å². The van der Waals surface area contributed by atoms with Gasteiger partial charge < -0.3 is 0 Å². The molecule has 0 unspecified atom stereocenters. The van der Waals surface area contributed by atoms with Gasteiger partial charge in [-0.3, -0.25) is 4.79 Å². The average Bonchev–Trinajstić information content (AvgIpc) is 2.40. The van der Waals surface area contributed by atoms with Crippen LogP contribution >= 0.6 is 0 Å². The molecule has 0 N–H and O–H groups in total. The molecule has 2 aromatic carbocycles. The van der Waals surface area contributed by atoms with Crippen molar-refractivity contribution in [2.24, 2.45) is 0 Å². The molecule has 98 valence electrons. The zero-order chi connectivity index (χ0) is 13.7. The van der Waals surface area contributed by atoms with Gasteiger partial charge in [-0.1, -0.05) is 36.4 Å². The van der Waals surface area contributed by atoms with Crippen molar-refractivity contribution in [1.82, 2.24) is 0 Å². The molecule has 0 heterocycles. The van der Waals surface area contributed by atoms with Crippen molar-refractivity contribution in [3.8, 4) is 0 Å². The van der Waals surface area contributed by atoms with Crippen LogP contribution in [0.15, 0.2) is 48.5 Å². The fourth-order valence-electron chi connectivity index (χ4n) is 1.99. The molecule has 0 aromatic heterocycles. The number of hydrogen-bond donors (Lipinski definition) is 0. The Balaban J connectivity index is 1.95. The van der Waals surface area contributed by atoms with Gasteiger partial charge in [0.05, 0.1) is 5.56 Å². The number of Topliss-reactive ketones (excluding diaryl/α,β-unsaturated/α-hetero) is 1. The van der Waals surface area contributed by atoms with Crippen molar-refractivity contribution in [1.29, 1.82) is 0 Å². The second-order valence-electron chi connectivity index (χ2n) is 4.36. The van der Waals surface area contributed by atoms with Gasteiger partial charge in [-0.2, -0.15) is 0 Å². The van der Waals surface area contributed by atoms with E-state index in [1.165, 1.54) is 6.07 Å². The van der Waals surface area contributed by atoms with Crippen LogP contribution in [0, 0.1) is 11.6 Å². The molecule has 0 bridgehead atoms. The molecule has 19 heavy (non-hydrogen) atoms. The molecule has 0 aliphatic heterocycles. The summed E-state index contributed by atoms with van der Waals surface area (Å²) < 4.78 is 26.8. The number of rotatable bonds is 5. The van der Waals surface area contributed by atoms with Gasteiger partial charge in [0.25, 0.3) is 0 Å². The summed E-state index contributed by atoms with van der Waals surface area (Å²) in [5.74, 6) is -2.05. The highest BCUT2D eigenvalue weighted by Gasteiger charge is 2.16. The molecule has 0 atom stereocenters. The summed E-state index contributed by atoms with van der Waals surface area (Å²) in [5.41, 5.74) is 0.694. The maximum absolute atomic E-state index is 13.4. The van der Waals surface area contributed by atoms with Crippen LogP contribution in [-0.4, -0.2) is 5.78 Å². The molecule has 2 rings (SSSR count). The molecule has 0 aliphatic carbocycles. The van der Waals surface area contributed by atoms with Gasteiger partial charge in [0.2, 0.25) is 0 Å². The Morgan fingerprint density at radius 1 is 0.895 bits per heavy atom. The Morgan fingerprint density at radius 2 is 1.53 bits per heavy atom. The van der Waals surface area contributed by atoms with Crippen LogP contribution in [-0.2, 0) is 6.42 Å². The Kier molecular flexibility index (Phi) is 4.39. The Bertz CT molecular complexity index is 544. The SMILES string of the molecule is O=C(CCCc1ccccc1)c1c(F)cccc1F. The van der Waals surface area contributed by atoms with E-state index in [1.54, 1.807) is 0 Å². The highest BCUT2D eigenvalue weighted by molar-refractivity contribution is 5.96. The smallest absolute Gasteiger partial charge is 0.168 e. The molecular formula is C16H14F2O. The highest BCUT2D eigenvalue weighted by atomic mass is 19.1. The van der Waals surface area contributed by atoms with Crippen molar-refractivity contribution < 1.29 is 13.6 Å². The Morgan fingerprint density at radius 3 is 2.16 bits per heavy atom. The van der Waals surface area contributed by atoms with Crippen molar-refractivity contribution in [2.45, 2.75) is 19.3 Å². The van der Waals surface area contributed by atoms with Crippen LogP contribution in [0.3, 0.4) is 0 Å². The van der Waals surface area contributed by atoms with Gasteiger partial charge in [0.1, 0.15) is 11.6 Å². The third-order valence-corrected chi connectivity index (χ3v) is 2.95. The van der Waals surface area contributed by atoms with E-state index in [4.69, 9.17) is 0 Å². The minimum Gasteiger partial charge on any atom is -0.294 e. The van der Waals surface area contributed by atoms with E-state index in [2.05, 4.69) is 0 Å². The predicted octanol–water partition coefficient (Wildman–Crippen LogP) is 4.17. The number of carbonyl (C=O) groups is 1. The Hall–Kier alpha value is -2.03. The first-order valence-electron chi connectivity index (χ1n) is 6.19. The van der Waals surface area contributed by atoms with Gasteiger partial charge in [-0.25, -0.2) is 8.78 Å². The van der Waals surface area contributed by atoms with Crippen LogP contribution in [0.25, 0.3) is 0 Å². The van der Waals surface area contributed by atoms with Gasteiger partial charge in [-0.15, -0.1) is 0 Å². The van der Waals surface area contributed by atoms with E-state index in [0.717, 1.165) is 24.1 Å². The normalized spacial score (nSPS) is 10.4. The number of benzene rings is 2. The first-order valence-corrected chi connectivity index (χ1v) is 6.19.